The lowest BCUT2D eigenvalue weighted by atomic mass is 9.83. The second kappa shape index (κ2) is 10.4. The van der Waals surface area contributed by atoms with Gasteiger partial charge in [0.15, 0.2) is 5.82 Å². The number of carbonyl (C=O) groups excluding carboxylic acids is 1. The molecule has 2 N–H and O–H groups in total. The zero-order valence-corrected chi connectivity index (χ0v) is 17.5. The topological polar surface area (TPSA) is 85.4 Å². The lowest BCUT2D eigenvalue weighted by Crippen LogP contribution is -2.40. The molecule has 1 saturated carbocycles. The maximum atomic E-state index is 11.0. The van der Waals surface area contributed by atoms with Crippen LogP contribution in [-0.4, -0.2) is 41.2 Å². The van der Waals surface area contributed by atoms with E-state index in [0.717, 1.165) is 18.4 Å². The van der Waals surface area contributed by atoms with E-state index in [4.69, 9.17) is 21.1 Å². The Morgan fingerprint density at radius 2 is 2.03 bits per heavy atom. The predicted octanol–water partition coefficient (Wildman–Crippen LogP) is 3.44. The number of hydrogen-bond donors (Lipinski definition) is 2. The van der Waals surface area contributed by atoms with E-state index in [9.17, 15) is 4.79 Å². The summed E-state index contributed by atoms with van der Waals surface area (Å²) in [6.07, 6.45) is 3.51. The third-order valence-electron chi connectivity index (χ3n) is 4.74. The molecular formula is C21H27ClN4O3. The molecule has 7 nitrogen and oxygen atoms in total. The van der Waals surface area contributed by atoms with Crippen molar-refractivity contribution in [2.24, 2.45) is 5.92 Å². The van der Waals surface area contributed by atoms with E-state index in [1.165, 1.54) is 13.3 Å². The van der Waals surface area contributed by atoms with Gasteiger partial charge in [0.25, 0.3) is 0 Å². The molecule has 156 valence electrons. The van der Waals surface area contributed by atoms with Crippen LogP contribution < -0.4 is 15.4 Å². The summed E-state index contributed by atoms with van der Waals surface area (Å²) in [5, 5.41) is 6.42. The Bertz CT molecular complexity index is 800. The Labute approximate surface area is 176 Å². The van der Waals surface area contributed by atoms with Gasteiger partial charge in [-0.25, -0.2) is 9.97 Å². The smallest absolute Gasteiger partial charge is 0.237 e. The standard InChI is InChI=1S/C21H27ClN4O3/c1-14(26-15(2)27)11-28-18-8-17(9-18)12-29-21-19(22)20(24-13-25-21)23-10-16-6-4-3-5-7-16/h3-7,13-14,17-18H,8-12H2,1-2H3,(H,26,27)(H,23,24,25)/t14-,17?,18?/m0/s1. The molecule has 1 aromatic heterocycles. The van der Waals surface area contributed by atoms with Crippen LogP contribution in [0.3, 0.4) is 0 Å². The molecule has 0 unspecified atom stereocenters. The van der Waals surface area contributed by atoms with Crippen molar-refractivity contribution in [2.75, 3.05) is 18.5 Å². The summed E-state index contributed by atoms with van der Waals surface area (Å²) in [6.45, 7) is 5.12. The number of nitrogens with one attached hydrogen (secondary N) is 2. The number of ether oxygens (including phenoxy) is 2. The molecule has 8 heteroatoms. The molecule has 1 heterocycles. The minimum absolute atomic E-state index is 0.0180. The van der Waals surface area contributed by atoms with E-state index >= 15 is 0 Å². The molecule has 0 aliphatic heterocycles. The van der Waals surface area contributed by atoms with E-state index in [0.29, 0.717) is 42.4 Å². The highest BCUT2D eigenvalue weighted by atomic mass is 35.5. The summed E-state index contributed by atoms with van der Waals surface area (Å²) >= 11 is 6.40. The van der Waals surface area contributed by atoms with Crippen LogP contribution in [0.25, 0.3) is 0 Å². The van der Waals surface area contributed by atoms with Gasteiger partial charge in [0.2, 0.25) is 11.8 Å². The van der Waals surface area contributed by atoms with E-state index < -0.39 is 0 Å². The Balaban J connectivity index is 1.40. The number of rotatable bonds is 10. The summed E-state index contributed by atoms with van der Waals surface area (Å²) in [5.74, 6) is 1.31. The quantitative estimate of drug-likeness (QED) is 0.614. The predicted molar refractivity (Wildman–Crippen MR) is 112 cm³/mol. The van der Waals surface area contributed by atoms with Gasteiger partial charge in [0, 0.05) is 19.5 Å². The van der Waals surface area contributed by atoms with Crippen molar-refractivity contribution in [1.82, 2.24) is 15.3 Å². The van der Waals surface area contributed by atoms with Gasteiger partial charge in [-0.1, -0.05) is 41.9 Å². The summed E-state index contributed by atoms with van der Waals surface area (Å²) in [4.78, 5) is 19.4. The first-order valence-corrected chi connectivity index (χ1v) is 10.2. The first-order chi connectivity index (χ1) is 14.0. The van der Waals surface area contributed by atoms with Crippen molar-refractivity contribution >= 4 is 23.3 Å². The number of nitrogens with zero attached hydrogens (tertiary/aromatic N) is 2. The maximum absolute atomic E-state index is 11.0. The number of amides is 1. The van der Waals surface area contributed by atoms with Gasteiger partial charge in [-0.15, -0.1) is 0 Å². The fraction of sp³-hybridized carbons (Fsp3) is 0.476. The molecule has 3 rings (SSSR count). The second-order valence-corrected chi connectivity index (χ2v) is 7.76. The average Bonchev–Trinajstić information content (AvgIpc) is 2.66. The highest BCUT2D eigenvalue weighted by Gasteiger charge is 2.31. The fourth-order valence-corrected chi connectivity index (χ4v) is 3.39. The molecule has 1 aliphatic rings. The zero-order chi connectivity index (χ0) is 20.6. The van der Waals surface area contributed by atoms with Crippen molar-refractivity contribution in [3.8, 4) is 5.88 Å². The lowest BCUT2D eigenvalue weighted by Gasteiger charge is -2.35. The van der Waals surface area contributed by atoms with Gasteiger partial charge >= 0.3 is 0 Å². The number of carbonyl (C=O) groups is 1. The molecular weight excluding hydrogens is 392 g/mol. The average molecular weight is 419 g/mol. The van der Waals surface area contributed by atoms with E-state index in [1.807, 2.05) is 37.3 Å². The SMILES string of the molecule is CC(=O)N[C@@H](C)COC1CC(COc2ncnc(NCc3ccccc3)c2Cl)C1. The number of halogens is 1. The molecule has 0 bridgehead atoms. The van der Waals surface area contributed by atoms with Gasteiger partial charge in [-0.3, -0.25) is 4.79 Å². The van der Waals surface area contributed by atoms with Gasteiger partial charge in [-0.2, -0.15) is 0 Å². The van der Waals surface area contributed by atoms with E-state index in [2.05, 4.69) is 20.6 Å². The van der Waals surface area contributed by atoms with Gasteiger partial charge in [0.1, 0.15) is 11.3 Å². The van der Waals surface area contributed by atoms with Crippen LogP contribution >= 0.6 is 11.6 Å². The molecule has 0 spiro atoms. The van der Waals surface area contributed by atoms with Crippen LogP contribution in [-0.2, 0) is 16.1 Å². The third-order valence-corrected chi connectivity index (χ3v) is 5.08. The Kier molecular flexibility index (Phi) is 7.66. The van der Waals surface area contributed by atoms with Gasteiger partial charge in [-0.05, 0) is 31.2 Å². The van der Waals surface area contributed by atoms with Crippen LogP contribution in [0.4, 0.5) is 5.82 Å². The zero-order valence-electron chi connectivity index (χ0n) is 16.7. The molecule has 1 fully saturated rings. The van der Waals surface area contributed by atoms with E-state index in [-0.39, 0.29) is 18.1 Å². The number of aromatic nitrogens is 2. The highest BCUT2D eigenvalue weighted by Crippen LogP contribution is 2.33. The Morgan fingerprint density at radius 1 is 1.28 bits per heavy atom. The first-order valence-electron chi connectivity index (χ1n) is 9.81. The van der Waals surface area contributed by atoms with Crippen LogP contribution in [0, 0.1) is 5.92 Å². The van der Waals surface area contributed by atoms with Gasteiger partial charge in [0.05, 0.1) is 19.3 Å². The van der Waals surface area contributed by atoms with Crippen LogP contribution in [0.5, 0.6) is 5.88 Å². The van der Waals surface area contributed by atoms with Crippen molar-refractivity contribution in [2.45, 2.75) is 45.4 Å². The largest absolute Gasteiger partial charge is 0.476 e. The minimum atomic E-state index is -0.0413. The summed E-state index contributed by atoms with van der Waals surface area (Å²) in [6, 6.07) is 10.0. The highest BCUT2D eigenvalue weighted by molar-refractivity contribution is 6.34. The molecule has 29 heavy (non-hydrogen) atoms. The number of anilines is 1. The van der Waals surface area contributed by atoms with Crippen molar-refractivity contribution in [1.29, 1.82) is 0 Å². The summed E-state index contributed by atoms with van der Waals surface area (Å²) < 4.78 is 11.6. The molecule has 1 aliphatic carbocycles. The number of benzene rings is 1. The van der Waals surface area contributed by atoms with Crippen molar-refractivity contribution in [3.63, 3.8) is 0 Å². The monoisotopic (exact) mass is 418 g/mol. The van der Waals surface area contributed by atoms with Crippen LogP contribution in [0.1, 0.15) is 32.3 Å². The summed E-state index contributed by atoms with van der Waals surface area (Å²) in [7, 11) is 0. The molecule has 0 saturated heterocycles. The third kappa shape index (κ3) is 6.58. The number of hydrogen-bond acceptors (Lipinski definition) is 6. The summed E-state index contributed by atoms with van der Waals surface area (Å²) in [5.41, 5.74) is 1.14. The van der Waals surface area contributed by atoms with Gasteiger partial charge < -0.3 is 20.1 Å². The molecule has 2 aromatic rings. The second-order valence-electron chi connectivity index (χ2n) is 7.39. The Morgan fingerprint density at radius 3 is 2.76 bits per heavy atom. The van der Waals surface area contributed by atoms with Crippen LogP contribution in [0.2, 0.25) is 5.02 Å². The fourth-order valence-electron chi connectivity index (χ4n) is 3.17. The van der Waals surface area contributed by atoms with Crippen molar-refractivity contribution in [3.05, 3.63) is 47.2 Å². The molecule has 0 radical (unpaired) electrons. The Hall–Kier alpha value is -2.38. The van der Waals surface area contributed by atoms with E-state index in [1.54, 1.807) is 0 Å². The molecule has 1 amide bonds. The first kappa shape index (κ1) is 21.3. The lowest BCUT2D eigenvalue weighted by molar-refractivity contribution is -0.120. The molecule has 1 aromatic carbocycles. The normalized spacial score (nSPS) is 19.1. The minimum Gasteiger partial charge on any atom is -0.476 e. The maximum Gasteiger partial charge on any atom is 0.237 e. The van der Waals surface area contributed by atoms with Crippen LogP contribution in [0.15, 0.2) is 36.7 Å². The molecule has 1 atom stereocenters. The van der Waals surface area contributed by atoms with Crippen molar-refractivity contribution < 1.29 is 14.3 Å².